The highest BCUT2D eigenvalue weighted by atomic mass is 19.1. The molecule has 1 aromatic heterocycles. The van der Waals surface area contributed by atoms with Crippen LogP contribution in [0, 0.1) is 12.7 Å². The SMILES string of the molecule is Cc1cccc(-n2cc(CN(C)C[C@H]3COCCO3)c(-c3cccc(F)c3)n2)c1. The number of ether oxygens (including phenoxy) is 2. The van der Waals surface area contributed by atoms with Gasteiger partial charge in [-0.2, -0.15) is 5.10 Å². The van der Waals surface area contributed by atoms with E-state index in [-0.39, 0.29) is 11.9 Å². The van der Waals surface area contributed by atoms with E-state index in [0.717, 1.165) is 29.1 Å². The third-order valence-corrected chi connectivity index (χ3v) is 4.99. The number of rotatable bonds is 6. The smallest absolute Gasteiger partial charge is 0.123 e. The molecule has 0 amide bonds. The first kappa shape index (κ1) is 19.8. The zero-order valence-corrected chi connectivity index (χ0v) is 16.8. The van der Waals surface area contributed by atoms with Crippen molar-refractivity contribution in [3.63, 3.8) is 0 Å². The normalized spacial score (nSPS) is 17.0. The Balaban J connectivity index is 1.63. The van der Waals surface area contributed by atoms with Crippen LogP contribution in [-0.4, -0.2) is 54.2 Å². The quantitative estimate of drug-likeness (QED) is 0.636. The number of hydrogen-bond acceptors (Lipinski definition) is 4. The molecule has 0 saturated carbocycles. The van der Waals surface area contributed by atoms with Crippen LogP contribution in [0.15, 0.2) is 54.7 Å². The maximum Gasteiger partial charge on any atom is 0.123 e. The minimum atomic E-state index is -0.264. The highest BCUT2D eigenvalue weighted by Crippen LogP contribution is 2.26. The van der Waals surface area contributed by atoms with Gasteiger partial charge in [-0.15, -0.1) is 0 Å². The Morgan fingerprint density at radius 2 is 2.03 bits per heavy atom. The zero-order chi connectivity index (χ0) is 20.2. The average Bonchev–Trinajstić information content (AvgIpc) is 3.12. The second-order valence-corrected chi connectivity index (χ2v) is 7.56. The summed E-state index contributed by atoms with van der Waals surface area (Å²) in [4.78, 5) is 2.19. The van der Waals surface area contributed by atoms with E-state index >= 15 is 0 Å². The van der Waals surface area contributed by atoms with Gasteiger partial charge < -0.3 is 9.47 Å². The van der Waals surface area contributed by atoms with Gasteiger partial charge in [-0.05, 0) is 43.8 Å². The molecule has 2 aromatic carbocycles. The summed E-state index contributed by atoms with van der Waals surface area (Å²) in [7, 11) is 2.05. The number of benzene rings is 2. The lowest BCUT2D eigenvalue weighted by Crippen LogP contribution is -2.38. The van der Waals surface area contributed by atoms with Crippen molar-refractivity contribution >= 4 is 0 Å². The third kappa shape index (κ3) is 4.90. The summed E-state index contributed by atoms with van der Waals surface area (Å²) in [6.45, 7) is 5.41. The summed E-state index contributed by atoms with van der Waals surface area (Å²) in [6.07, 6.45) is 2.10. The molecule has 152 valence electrons. The molecule has 1 saturated heterocycles. The molecule has 0 bridgehead atoms. The van der Waals surface area contributed by atoms with Crippen molar-refractivity contribution in [1.82, 2.24) is 14.7 Å². The van der Waals surface area contributed by atoms with Crippen molar-refractivity contribution in [1.29, 1.82) is 0 Å². The Morgan fingerprint density at radius 3 is 2.79 bits per heavy atom. The molecule has 29 heavy (non-hydrogen) atoms. The zero-order valence-electron chi connectivity index (χ0n) is 16.8. The Kier molecular flexibility index (Phi) is 6.04. The molecule has 6 heteroatoms. The van der Waals surface area contributed by atoms with Gasteiger partial charge in [0.25, 0.3) is 0 Å². The predicted octanol–water partition coefficient (Wildman–Crippen LogP) is 3.83. The Morgan fingerprint density at radius 1 is 1.17 bits per heavy atom. The van der Waals surface area contributed by atoms with Crippen LogP contribution in [0.25, 0.3) is 16.9 Å². The highest BCUT2D eigenvalue weighted by molar-refractivity contribution is 5.63. The molecule has 0 spiro atoms. The number of nitrogens with zero attached hydrogens (tertiary/aromatic N) is 3. The van der Waals surface area contributed by atoms with Gasteiger partial charge in [-0.25, -0.2) is 9.07 Å². The molecular weight excluding hydrogens is 369 g/mol. The molecular formula is C23H26FN3O2. The molecule has 2 heterocycles. The fourth-order valence-corrected chi connectivity index (χ4v) is 3.65. The number of aryl methyl sites for hydroxylation is 1. The van der Waals surface area contributed by atoms with Crippen molar-refractivity contribution in [3.05, 3.63) is 71.7 Å². The molecule has 1 aliphatic rings. The monoisotopic (exact) mass is 395 g/mol. The third-order valence-electron chi connectivity index (χ3n) is 4.99. The summed E-state index contributed by atoms with van der Waals surface area (Å²) in [6, 6.07) is 14.8. The van der Waals surface area contributed by atoms with E-state index in [9.17, 15) is 4.39 Å². The molecule has 1 fully saturated rings. The molecule has 1 aliphatic heterocycles. The van der Waals surface area contributed by atoms with Crippen LogP contribution in [-0.2, 0) is 16.0 Å². The van der Waals surface area contributed by atoms with E-state index in [2.05, 4.69) is 31.0 Å². The van der Waals surface area contributed by atoms with Gasteiger partial charge in [-0.3, -0.25) is 4.90 Å². The molecule has 0 N–H and O–H groups in total. The van der Waals surface area contributed by atoms with E-state index in [1.165, 1.54) is 17.7 Å². The molecule has 0 aliphatic carbocycles. The molecule has 3 aromatic rings. The van der Waals surface area contributed by atoms with E-state index in [1.807, 2.05) is 29.1 Å². The summed E-state index contributed by atoms with van der Waals surface area (Å²) in [5, 5.41) is 4.80. The van der Waals surface area contributed by atoms with Crippen molar-refractivity contribution in [2.75, 3.05) is 33.4 Å². The number of aromatic nitrogens is 2. The van der Waals surface area contributed by atoms with Crippen LogP contribution in [0.3, 0.4) is 0 Å². The fourth-order valence-electron chi connectivity index (χ4n) is 3.65. The number of hydrogen-bond donors (Lipinski definition) is 0. The summed E-state index contributed by atoms with van der Waals surface area (Å²) in [5.41, 5.74) is 4.76. The van der Waals surface area contributed by atoms with E-state index in [1.54, 1.807) is 6.07 Å². The van der Waals surface area contributed by atoms with Crippen molar-refractivity contribution in [2.45, 2.75) is 19.6 Å². The van der Waals surface area contributed by atoms with E-state index in [4.69, 9.17) is 14.6 Å². The van der Waals surface area contributed by atoms with Crippen LogP contribution >= 0.6 is 0 Å². The van der Waals surface area contributed by atoms with Gasteiger partial charge in [0.2, 0.25) is 0 Å². The van der Waals surface area contributed by atoms with Gasteiger partial charge in [-0.1, -0.05) is 24.3 Å². The molecule has 5 nitrogen and oxygen atoms in total. The first-order valence-electron chi connectivity index (χ1n) is 9.88. The van der Waals surface area contributed by atoms with Crippen molar-refractivity contribution in [2.24, 2.45) is 0 Å². The minimum absolute atomic E-state index is 0.0678. The Bertz CT molecular complexity index is 966. The fraction of sp³-hybridized carbons (Fsp3) is 0.348. The lowest BCUT2D eigenvalue weighted by atomic mass is 10.1. The summed E-state index contributed by atoms with van der Waals surface area (Å²) in [5.74, 6) is -0.264. The van der Waals surface area contributed by atoms with E-state index in [0.29, 0.717) is 26.4 Å². The van der Waals surface area contributed by atoms with Crippen molar-refractivity contribution < 1.29 is 13.9 Å². The highest BCUT2D eigenvalue weighted by Gasteiger charge is 2.19. The van der Waals surface area contributed by atoms with E-state index < -0.39 is 0 Å². The Hall–Kier alpha value is -2.54. The molecule has 1 atom stereocenters. The second-order valence-electron chi connectivity index (χ2n) is 7.56. The van der Waals surface area contributed by atoms with Gasteiger partial charge in [0.05, 0.1) is 37.3 Å². The standard InChI is InChI=1S/C23H26FN3O2/c1-17-5-3-8-21(11-17)27-14-19(13-26(2)15-22-16-28-9-10-29-22)23(25-27)18-6-4-7-20(24)12-18/h3-8,11-12,14,22H,9-10,13,15-16H2,1-2H3/t22-/m0/s1. The molecule has 0 unspecified atom stereocenters. The molecule has 4 rings (SSSR count). The summed E-state index contributed by atoms with van der Waals surface area (Å²) < 4.78 is 27.0. The van der Waals surface area contributed by atoms with Gasteiger partial charge in [0, 0.05) is 30.4 Å². The van der Waals surface area contributed by atoms with Gasteiger partial charge in [0.15, 0.2) is 0 Å². The predicted molar refractivity (Wildman–Crippen MR) is 111 cm³/mol. The average molecular weight is 395 g/mol. The first-order valence-corrected chi connectivity index (χ1v) is 9.88. The van der Waals surface area contributed by atoms with Crippen LogP contribution < -0.4 is 0 Å². The summed E-state index contributed by atoms with van der Waals surface area (Å²) >= 11 is 0. The lowest BCUT2D eigenvalue weighted by Gasteiger charge is -2.27. The lowest BCUT2D eigenvalue weighted by molar-refractivity contribution is -0.0962. The maximum atomic E-state index is 13.9. The maximum absolute atomic E-state index is 13.9. The second kappa shape index (κ2) is 8.86. The number of halogens is 1. The first-order chi connectivity index (χ1) is 14.1. The van der Waals surface area contributed by atoms with Gasteiger partial charge >= 0.3 is 0 Å². The van der Waals surface area contributed by atoms with Crippen LogP contribution in [0.2, 0.25) is 0 Å². The van der Waals surface area contributed by atoms with Crippen LogP contribution in [0.5, 0.6) is 0 Å². The van der Waals surface area contributed by atoms with Gasteiger partial charge in [0.1, 0.15) is 5.82 Å². The molecule has 0 radical (unpaired) electrons. The topological polar surface area (TPSA) is 39.5 Å². The largest absolute Gasteiger partial charge is 0.376 e. The van der Waals surface area contributed by atoms with Crippen LogP contribution in [0.1, 0.15) is 11.1 Å². The van der Waals surface area contributed by atoms with Crippen molar-refractivity contribution in [3.8, 4) is 16.9 Å². The minimum Gasteiger partial charge on any atom is -0.376 e. The van der Waals surface area contributed by atoms with Crippen LogP contribution in [0.4, 0.5) is 4.39 Å². The number of likely N-dealkylation sites (N-methyl/N-ethyl adjacent to an activating group) is 1. The Labute approximate surface area is 170 Å².